The Balaban J connectivity index is 2.06. The third kappa shape index (κ3) is 3.48. The summed E-state index contributed by atoms with van der Waals surface area (Å²) in [5.41, 5.74) is 7.78. The molecule has 116 valence electrons. The van der Waals surface area contributed by atoms with Crippen LogP contribution >= 0.6 is 0 Å². The van der Waals surface area contributed by atoms with E-state index in [9.17, 15) is 9.90 Å². The molecule has 21 heavy (non-hydrogen) atoms. The molecule has 0 aliphatic carbocycles. The molecule has 4 N–H and O–H groups in total. The molecule has 2 rings (SSSR count). The van der Waals surface area contributed by atoms with Crippen LogP contribution in [0.3, 0.4) is 0 Å². The van der Waals surface area contributed by atoms with Crippen LogP contribution in [0.5, 0.6) is 0 Å². The first kappa shape index (κ1) is 15.7. The number of nitrogens with zero attached hydrogens (tertiary/aromatic N) is 3. The third-order valence-electron chi connectivity index (χ3n) is 4.07. The van der Waals surface area contributed by atoms with Crippen molar-refractivity contribution in [3.63, 3.8) is 0 Å². The second-order valence-corrected chi connectivity index (χ2v) is 5.55. The molecule has 1 fully saturated rings. The maximum atomic E-state index is 12.4. The van der Waals surface area contributed by atoms with Crippen LogP contribution in [0.4, 0.5) is 5.95 Å². The van der Waals surface area contributed by atoms with E-state index in [1.165, 1.54) is 0 Å². The summed E-state index contributed by atoms with van der Waals surface area (Å²) in [6.07, 6.45) is 0.145. The number of amides is 1. The lowest BCUT2D eigenvalue weighted by Gasteiger charge is -2.35. The van der Waals surface area contributed by atoms with Gasteiger partial charge in [0.1, 0.15) is 0 Å². The Hall–Kier alpha value is -1.73. The van der Waals surface area contributed by atoms with Gasteiger partial charge in [-0.3, -0.25) is 4.79 Å². The van der Waals surface area contributed by atoms with Crippen molar-refractivity contribution >= 4 is 11.9 Å². The minimum atomic E-state index is -0.669. The average molecular weight is 294 g/mol. The van der Waals surface area contributed by atoms with Crippen molar-refractivity contribution in [1.82, 2.24) is 14.9 Å². The molecule has 1 aliphatic heterocycles. The maximum absolute atomic E-state index is 12.4. The topological polar surface area (TPSA) is 113 Å². The normalized spacial score (nSPS) is 22.4. The van der Waals surface area contributed by atoms with Crippen molar-refractivity contribution in [3.8, 4) is 0 Å². The Kier molecular flexibility index (Phi) is 4.74. The molecule has 2 heterocycles. The SMILES string of the molecule is Cc1nc(N)nc(C)c1CC(=O)N1CC[C@H](CO)[C@@H](O)C1. The number of likely N-dealkylation sites (tertiary alicyclic amines) is 1. The van der Waals surface area contributed by atoms with Crippen molar-refractivity contribution in [2.24, 2.45) is 5.92 Å². The van der Waals surface area contributed by atoms with Gasteiger partial charge in [0, 0.05) is 42.6 Å². The Morgan fingerprint density at radius 2 is 2.00 bits per heavy atom. The van der Waals surface area contributed by atoms with Crippen LogP contribution in [-0.4, -0.2) is 56.8 Å². The highest BCUT2D eigenvalue weighted by molar-refractivity contribution is 5.79. The third-order valence-corrected chi connectivity index (χ3v) is 4.07. The Labute approximate surface area is 123 Å². The van der Waals surface area contributed by atoms with Gasteiger partial charge in [-0.2, -0.15) is 0 Å². The predicted molar refractivity (Wildman–Crippen MR) is 77.4 cm³/mol. The average Bonchev–Trinajstić information content (AvgIpc) is 2.42. The molecule has 0 saturated carbocycles. The fourth-order valence-corrected chi connectivity index (χ4v) is 2.70. The summed E-state index contributed by atoms with van der Waals surface area (Å²) in [7, 11) is 0. The first-order valence-electron chi connectivity index (χ1n) is 7.08. The molecule has 0 radical (unpaired) electrons. The first-order valence-corrected chi connectivity index (χ1v) is 7.08. The number of aryl methyl sites for hydroxylation is 2. The molecular weight excluding hydrogens is 272 g/mol. The Morgan fingerprint density at radius 3 is 2.52 bits per heavy atom. The number of carbonyl (C=O) groups excluding carboxylic acids is 1. The standard InChI is InChI=1S/C14H22N4O3/c1-8-11(9(2)17-14(15)16-8)5-13(21)18-4-3-10(7-19)12(20)6-18/h10,12,19-20H,3-7H2,1-2H3,(H2,15,16,17)/t10-,12+/m1/s1. The number of anilines is 1. The number of nitrogens with two attached hydrogens (primary N) is 1. The quantitative estimate of drug-likeness (QED) is 0.687. The van der Waals surface area contributed by atoms with E-state index in [-0.39, 0.29) is 37.3 Å². The number of piperidine rings is 1. The van der Waals surface area contributed by atoms with Crippen molar-refractivity contribution in [3.05, 3.63) is 17.0 Å². The van der Waals surface area contributed by atoms with E-state index in [1.807, 2.05) is 0 Å². The number of hydrogen-bond donors (Lipinski definition) is 3. The molecule has 1 aromatic heterocycles. The lowest BCUT2D eigenvalue weighted by molar-refractivity contribution is -0.135. The highest BCUT2D eigenvalue weighted by atomic mass is 16.3. The summed E-state index contributed by atoms with van der Waals surface area (Å²) in [5, 5.41) is 19.0. The Morgan fingerprint density at radius 1 is 1.38 bits per heavy atom. The molecule has 2 atom stereocenters. The summed E-state index contributed by atoms with van der Waals surface area (Å²) < 4.78 is 0. The molecule has 0 aromatic carbocycles. The van der Waals surface area contributed by atoms with E-state index >= 15 is 0 Å². The summed E-state index contributed by atoms with van der Waals surface area (Å²) in [4.78, 5) is 22.2. The van der Waals surface area contributed by atoms with Gasteiger partial charge in [0.05, 0.1) is 12.5 Å². The zero-order valence-electron chi connectivity index (χ0n) is 12.4. The minimum Gasteiger partial charge on any atom is -0.396 e. The van der Waals surface area contributed by atoms with Crippen LogP contribution in [0.2, 0.25) is 0 Å². The van der Waals surface area contributed by atoms with Gasteiger partial charge in [-0.1, -0.05) is 0 Å². The molecule has 0 spiro atoms. The van der Waals surface area contributed by atoms with E-state index in [4.69, 9.17) is 10.8 Å². The lowest BCUT2D eigenvalue weighted by Crippen LogP contribution is -2.48. The minimum absolute atomic E-state index is 0.0484. The van der Waals surface area contributed by atoms with Gasteiger partial charge in [-0.25, -0.2) is 9.97 Å². The molecule has 1 amide bonds. The molecule has 1 aliphatic rings. The van der Waals surface area contributed by atoms with Gasteiger partial charge in [-0.15, -0.1) is 0 Å². The van der Waals surface area contributed by atoms with Crippen LogP contribution < -0.4 is 5.73 Å². The van der Waals surface area contributed by atoms with Crippen molar-refractivity contribution in [1.29, 1.82) is 0 Å². The van der Waals surface area contributed by atoms with E-state index in [2.05, 4.69) is 9.97 Å². The largest absolute Gasteiger partial charge is 0.396 e. The second-order valence-electron chi connectivity index (χ2n) is 5.55. The number of rotatable bonds is 3. The fourth-order valence-electron chi connectivity index (χ4n) is 2.70. The monoisotopic (exact) mass is 294 g/mol. The summed E-state index contributed by atoms with van der Waals surface area (Å²) in [5.74, 6) is 0.00257. The van der Waals surface area contributed by atoms with E-state index in [0.717, 1.165) is 5.56 Å². The number of β-amino-alcohol motifs (C(OH)–C–C–N with tert-alkyl or cyclic N) is 1. The molecule has 0 unspecified atom stereocenters. The first-order chi connectivity index (χ1) is 9.92. The van der Waals surface area contributed by atoms with Gasteiger partial charge in [0.2, 0.25) is 11.9 Å². The van der Waals surface area contributed by atoms with Crippen LogP contribution in [-0.2, 0) is 11.2 Å². The molecule has 1 aromatic rings. The number of carbonyl (C=O) groups is 1. The summed E-state index contributed by atoms with van der Waals surface area (Å²) in [6, 6.07) is 0. The van der Waals surface area contributed by atoms with Crippen molar-refractivity contribution in [2.75, 3.05) is 25.4 Å². The van der Waals surface area contributed by atoms with Crippen LogP contribution in [0, 0.1) is 19.8 Å². The number of hydrogen-bond acceptors (Lipinski definition) is 6. The number of aliphatic hydroxyl groups excluding tert-OH is 2. The van der Waals surface area contributed by atoms with E-state index in [0.29, 0.717) is 24.4 Å². The van der Waals surface area contributed by atoms with Gasteiger partial charge in [0.15, 0.2) is 0 Å². The fraction of sp³-hybridized carbons (Fsp3) is 0.643. The molecule has 1 saturated heterocycles. The molecule has 0 bridgehead atoms. The number of aromatic nitrogens is 2. The zero-order chi connectivity index (χ0) is 15.6. The molecule has 7 nitrogen and oxygen atoms in total. The molecule has 7 heteroatoms. The highest BCUT2D eigenvalue weighted by Gasteiger charge is 2.30. The van der Waals surface area contributed by atoms with Gasteiger partial charge in [0.25, 0.3) is 0 Å². The number of nitrogen functional groups attached to an aromatic ring is 1. The lowest BCUT2D eigenvalue weighted by atomic mass is 9.94. The van der Waals surface area contributed by atoms with E-state index < -0.39 is 6.10 Å². The highest BCUT2D eigenvalue weighted by Crippen LogP contribution is 2.19. The maximum Gasteiger partial charge on any atom is 0.227 e. The number of aliphatic hydroxyl groups is 2. The summed E-state index contributed by atoms with van der Waals surface area (Å²) >= 11 is 0. The van der Waals surface area contributed by atoms with Crippen LogP contribution in [0.1, 0.15) is 23.4 Å². The van der Waals surface area contributed by atoms with Gasteiger partial charge < -0.3 is 20.8 Å². The van der Waals surface area contributed by atoms with Gasteiger partial charge in [-0.05, 0) is 20.3 Å². The second kappa shape index (κ2) is 6.36. The molecular formula is C14H22N4O3. The predicted octanol–water partition coefficient (Wildman–Crippen LogP) is -0.580. The van der Waals surface area contributed by atoms with Crippen molar-refractivity contribution < 1.29 is 15.0 Å². The van der Waals surface area contributed by atoms with E-state index in [1.54, 1.807) is 18.7 Å². The summed E-state index contributed by atoms with van der Waals surface area (Å²) in [6.45, 7) is 4.38. The van der Waals surface area contributed by atoms with Crippen LogP contribution in [0.25, 0.3) is 0 Å². The Bertz CT molecular complexity index is 512. The van der Waals surface area contributed by atoms with Crippen LogP contribution in [0.15, 0.2) is 0 Å². The van der Waals surface area contributed by atoms with Gasteiger partial charge >= 0.3 is 0 Å². The zero-order valence-corrected chi connectivity index (χ0v) is 12.4. The smallest absolute Gasteiger partial charge is 0.227 e. The van der Waals surface area contributed by atoms with Crippen molar-refractivity contribution in [2.45, 2.75) is 32.8 Å².